The van der Waals surface area contributed by atoms with E-state index in [9.17, 15) is 4.79 Å². The van der Waals surface area contributed by atoms with Crippen LogP contribution < -0.4 is 10.2 Å². The number of nitrogens with one attached hydrogen (secondary N) is 1. The molecule has 1 heterocycles. The fourth-order valence-corrected chi connectivity index (χ4v) is 3.65. The average Bonchev–Trinajstić information content (AvgIpc) is 2.69. The van der Waals surface area contributed by atoms with Crippen molar-refractivity contribution in [2.45, 2.75) is 26.8 Å². The Kier molecular flexibility index (Phi) is 5.48. The monoisotopic (exact) mass is 391 g/mol. The number of ether oxygens (including phenoxy) is 1. The number of hydrogen-bond donors (Lipinski definition) is 1. The molecule has 6 heteroatoms. The number of rotatable bonds is 3. The second-order valence-corrected chi connectivity index (χ2v) is 7.10. The highest BCUT2D eigenvalue weighted by atomic mass is 32.1. The maximum absolute atomic E-state index is 12.6. The number of nitrogens with zero attached hydrogens (tertiary/aromatic N) is 2. The van der Waals surface area contributed by atoms with Gasteiger partial charge in [-0.2, -0.15) is 5.26 Å². The van der Waals surface area contributed by atoms with Crippen LogP contribution in [0.3, 0.4) is 0 Å². The van der Waals surface area contributed by atoms with Crippen LogP contribution in [0.15, 0.2) is 53.7 Å². The summed E-state index contributed by atoms with van der Waals surface area (Å²) in [6, 6.07) is 14.8. The molecule has 2 aromatic rings. The zero-order valence-corrected chi connectivity index (χ0v) is 17.1. The lowest BCUT2D eigenvalue weighted by Gasteiger charge is -2.37. The van der Waals surface area contributed by atoms with Gasteiger partial charge in [-0.3, -0.25) is 4.90 Å². The maximum Gasteiger partial charge on any atom is 0.337 e. The average molecular weight is 391 g/mol. The molecule has 1 aliphatic heterocycles. The van der Waals surface area contributed by atoms with E-state index in [0.29, 0.717) is 21.9 Å². The van der Waals surface area contributed by atoms with Crippen LogP contribution in [-0.4, -0.2) is 18.2 Å². The lowest BCUT2D eigenvalue weighted by atomic mass is 9.94. The van der Waals surface area contributed by atoms with E-state index in [4.69, 9.17) is 22.2 Å². The van der Waals surface area contributed by atoms with Gasteiger partial charge in [0.25, 0.3) is 0 Å². The highest BCUT2D eigenvalue weighted by molar-refractivity contribution is 7.80. The van der Waals surface area contributed by atoms with Crippen molar-refractivity contribution in [3.8, 4) is 6.07 Å². The molecule has 5 nitrogen and oxygen atoms in total. The fraction of sp³-hybridized carbons (Fsp3) is 0.227. The number of allylic oxidation sites excluding steroid dienone is 1. The second kappa shape index (κ2) is 7.83. The number of aryl methyl sites for hydroxylation is 2. The molecule has 1 N–H and O–H groups in total. The first kappa shape index (κ1) is 19.6. The number of anilines is 1. The third-order valence-electron chi connectivity index (χ3n) is 5.01. The van der Waals surface area contributed by atoms with Crippen LogP contribution in [0, 0.1) is 25.2 Å². The Morgan fingerprint density at radius 2 is 1.82 bits per heavy atom. The molecule has 1 atom stereocenters. The molecule has 28 heavy (non-hydrogen) atoms. The van der Waals surface area contributed by atoms with Crippen LogP contribution in [0.4, 0.5) is 5.69 Å². The number of hydrogen-bond acceptors (Lipinski definition) is 4. The molecule has 0 radical (unpaired) electrons. The van der Waals surface area contributed by atoms with Gasteiger partial charge in [0, 0.05) is 11.4 Å². The molecule has 0 aromatic heterocycles. The number of carbonyl (C=O) groups excluding carboxylic acids is 1. The van der Waals surface area contributed by atoms with Gasteiger partial charge in [-0.15, -0.1) is 0 Å². The molecular formula is C22H21N3O2S. The van der Waals surface area contributed by atoms with Crippen molar-refractivity contribution < 1.29 is 9.53 Å². The third-order valence-corrected chi connectivity index (χ3v) is 5.31. The van der Waals surface area contributed by atoms with Gasteiger partial charge in [-0.25, -0.2) is 4.79 Å². The van der Waals surface area contributed by atoms with Crippen molar-refractivity contribution in [2.24, 2.45) is 0 Å². The zero-order chi connectivity index (χ0) is 20.4. The Balaban J connectivity index is 2.13. The Morgan fingerprint density at radius 1 is 1.14 bits per heavy atom. The highest BCUT2D eigenvalue weighted by Gasteiger charge is 2.35. The lowest BCUT2D eigenvalue weighted by Crippen LogP contribution is -2.48. The minimum atomic E-state index is -0.449. The SMILES string of the molecule is COC(=O)C1=C(C)N(c2ccc(C)c(C)c2)C(=S)NC1c1ccc(C#N)cc1. The summed E-state index contributed by atoms with van der Waals surface area (Å²) in [6.07, 6.45) is 0. The van der Waals surface area contributed by atoms with Crippen LogP contribution in [0.25, 0.3) is 0 Å². The number of nitriles is 1. The second-order valence-electron chi connectivity index (χ2n) is 6.71. The largest absolute Gasteiger partial charge is 0.466 e. The summed E-state index contributed by atoms with van der Waals surface area (Å²) in [7, 11) is 1.37. The van der Waals surface area contributed by atoms with Gasteiger partial charge in [0.15, 0.2) is 5.11 Å². The Hall–Kier alpha value is -3.17. The third kappa shape index (κ3) is 3.49. The fourth-order valence-electron chi connectivity index (χ4n) is 3.29. The van der Waals surface area contributed by atoms with Crippen molar-refractivity contribution in [3.63, 3.8) is 0 Å². The predicted octanol–water partition coefficient (Wildman–Crippen LogP) is 4.06. The topological polar surface area (TPSA) is 65.4 Å². The summed E-state index contributed by atoms with van der Waals surface area (Å²) in [6.45, 7) is 5.96. The number of thiocarbonyl (C=S) groups is 1. The molecule has 1 aliphatic rings. The van der Waals surface area contributed by atoms with Crippen molar-refractivity contribution in [3.05, 3.63) is 76.0 Å². The molecule has 0 amide bonds. The van der Waals surface area contributed by atoms with E-state index in [2.05, 4.69) is 18.3 Å². The molecule has 142 valence electrons. The van der Waals surface area contributed by atoms with E-state index in [1.165, 1.54) is 12.7 Å². The van der Waals surface area contributed by atoms with Crippen LogP contribution in [-0.2, 0) is 9.53 Å². The van der Waals surface area contributed by atoms with E-state index in [1.54, 1.807) is 12.1 Å². The minimum Gasteiger partial charge on any atom is -0.466 e. The molecule has 0 fully saturated rings. The summed E-state index contributed by atoms with van der Waals surface area (Å²) in [5.41, 5.74) is 5.80. The highest BCUT2D eigenvalue weighted by Crippen LogP contribution is 2.34. The summed E-state index contributed by atoms with van der Waals surface area (Å²) < 4.78 is 5.06. The van der Waals surface area contributed by atoms with E-state index in [0.717, 1.165) is 16.8 Å². The summed E-state index contributed by atoms with van der Waals surface area (Å²) in [5, 5.41) is 12.8. The van der Waals surface area contributed by atoms with Crippen LogP contribution in [0.5, 0.6) is 0 Å². The lowest BCUT2D eigenvalue weighted by molar-refractivity contribution is -0.136. The van der Waals surface area contributed by atoms with E-state index >= 15 is 0 Å². The number of benzene rings is 2. The standard InChI is InChI=1S/C22H21N3O2S/c1-13-5-10-18(11-14(13)2)25-15(3)19(21(26)27-4)20(24-22(25)28)17-8-6-16(12-23)7-9-17/h5-11,20H,1-4H3,(H,24,28). The molecule has 0 bridgehead atoms. The maximum atomic E-state index is 12.6. The molecular weight excluding hydrogens is 370 g/mol. The van der Waals surface area contributed by atoms with Gasteiger partial charge in [0.1, 0.15) is 0 Å². The van der Waals surface area contributed by atoms with Crippen molar-refractivity contribution >= 4 is 29.0 Å². The van der Waals surface area contributed by atoms with E-state index < -0.39 is 12.0 Å². The molecule has 3 rings (SSSR count). The van der Waals surface area contributed by atoms with Gasteiger partial charge in [0.05, 0.1) is 30.4 Å². The van der Waals surface area contributed by atoms with Gasteiger partial charge in [0.2, 0.25) is 0 Å². The normalized spacial score (nSPS) is 16.5. The molecule has 2 aromatic carbocycles. The minimum absolute atomic E-state index is 0.421. The Morgan fingerprint density at radius 3 is 2.39 bits per heavy atom. The summed E-state index contributed by atoms with van der Waals surface area (Å²) in [5.74, 6) is -0.421. The first-order chi connectivity index (χ1) is 13.4. The molecule has 0 aliphatic carbocycles. The molecule has 0 saturated heterocycles. The first-order valence-corrected chi connectivity index (χ1v) is 9.25. The van der Waals surface area contributed by atoms with E-state index in [1.807, 2.05) is 49.1 Å². The van der Waals surface area contributed by atoms with Gasteiger partial charge >= 0.3 is 5.97 Å². The summed E-state index contributed by atoms with van der Waals surface area (Å²) >= 11 is 5.64. The zero-order valence-electron chi connectivity index (χ0n) is 16.2. The van der Waals surface area contributed by atoms with Crippen molar-refractivity contribution in [1.29, 1.82) is 5.26 Å². The van der Waals surface area contributed by atoms with Crippen LogP contribution in [0.1, 0.15) is 35.2 Å². The van der Waals surface area contributed by atoms with Gasteiger partial charge in [-0.1, -0.05) is 18.2 Å². The Bertz CT molecular complexity index is 1020. The quantitative estimate of drug-likeness (QED) is 0.629. The van der Waals surface area contributed by atoms with Crippen molar-refractivity contribution in [1.82, 2.24) is 5.32 Å². The predicted molar refractivity (Wildman–Crippen MR) is 113 cm³/mol. The first-order valence-electron chi connectivity index (χ1n) is 8.84. The molecule has 1 unspecified atom stereocenters. The summed E-state index contributed by atoms with van der Waals surface area (Å²) in [4.78, 5) is 14.5. The Labute approximate surface area is 170 Å². The smallest absolute Gasteiger partial charge is 0.337 e. The molecule has 0 saturated carbocycles. The van der Waals surface area contributed by atoms with Crippen LogP contribution in [0.2, 0.25) is 0 Å². The number of carbonyl (C=O) groups is 1. The van der Waals surface area contributed by atoms with Crippen molar-refractivity contribution in [2.75, 3.05) is 12.0 Å². The van der Waals surface area contributed by atoms with Crippen LogP contribution >= 0.6 is 12.2 Å². The number of esters is 1. The van der Waals surface area contributed by atoms with Gasteiger partial charge in [-0.05, 0) is 73.9 Å². The molecule has 0 spiro atoms. The van der Waals surface area contributed by atoms with E-state index in [-0.39, 0.29) is 0 Å². The number of methoxy groups -OCH3 is 1. The van der Waals surface area contributed by atoms with Gasteiger partial charge < -0.3 is 10.1 Å².